The van der Waals surface area contributed by atoms with Crippen molar-refractivity contribution in [2.45, 2.75) is 18.4 Å². The molecule has 0 spiro atoms. The van der Waals surface area contributed by atoms with Gasteiger partial charge in [0, 0.05) is 32.0 Å². The number of hydrazine groups is 1. The monoisotopic (exact) mass is 432 g/mol. The second-order valence-corrected chi connectivity index (χ2v) is 8.10. The number of aromatic nitrogens is 1. The first-order valence-electron chi connectivity index (χ1n) is 10.3. The lowest BCUT2D eigenvalue weighted by molar-refractivity contribution is -0.148. The van der Waals surface area contributed by atoms with Crippen molar-refractivity contribution in [1.29, 1.82) is 0 Å². The molecule has 4 atom stereocenters. The maximum atomic E-state index is 13.6. The molecule has 12 heteroatoms. The predicted molar refractivity (Wildman–Crippen MR) is 109 cm³/mol. The van der Waals surface area contributed by atoms with E-state index in [1.807, 2.05) is 11.0 Å². The number of anilines is 2. The van der Waals surface area contributed by atoms with E-state index in [1.165, 1.54) is 6.20 Å². The molecule has 4 unspecified atom stereocenters. The SMILES string of the molecule is NC1NN2CC(F)=CNC2C1C(=O)Nc1cnccc1N1CCN2C(=O)COCC2C1. The molecule has 2 amide bonds. The van der Waals surface area contributed by atoms with Crippen molar-refractivity contribution in [2.75, 3.05) is 49.6 Å². The standard InChI is InChI=1S/C19H25FN8O3/c20-11-5-23-18-16(17(21)25-28(18)7-11)19(30)24-13-6-22-2-1-14(13)26-3-4-27-12(8-26)9-31-10-15(27)29/h1-2,5-6,12,16-18,23,25H,3-4,7-10,21H2,(H,24,30). The third-order valence-electron chi connectivity index (χ3n) is 6.15. The number of nitrogens with zero attached hydrogens (tertiary/aromatic N) is 4. The van der Waals surface area contributed by atoms with Gasteiger partial charge >= 0.3 is 0 Å². The number of nitrogens with one attached hydrogen (secondary N) is 3. The summed E-state index contributed by atoms with van der Waals surface area (Å²) >= 11 is 0. The highest BCUT2D eigenvalue weighted by molar-refractivity contribution is 5.96. The molecule has 0 aromatic carbocycles. The van der Waals surface area contributed by atoms with Crippen molar-refractivity contribution in [3.05, 3.63) is 30.5 Å². The molecule has 5 heterocycles. The summed E-state index contributed by atoms with van der Waals surface area (Å²) < 4.78 is 19.0. The molecule has 0 aliphatic carbocycles. The number of nitrogens with two attached hydrogens (primary N) is 1. The van der Waals surface area contributed by atoms with Gasteiger partial charge in [-0.1, -0.05) is 0 Å². The van der Waals surface area contributed by atoms with Gasteiger partial charge in [0.1, 0.15) is 24.5 Å². The van der Waals surface area contributed by atoms with Crippen molar-refractivity contribution >= 4 is 23.2 Å². The zero-order valence-corrected chi connectivity index (χ0v) is 16.8. The second kappa shape index (κ2) is 8.04. The lowest BCUT2D eigenvalue weighted by Crippen LogP contribution is -2.60. The Balaban J connectivity index is 1.32. The highest BCUT2D eigenvalue weighted by atomic mass is 19.1. The maximum Gasteiger partial charge on any atom is 0.249 e. The van der Waals surface area contributed by atoms with Crippen LogP contribution in [0.15, 0.2) is 30.5 Å². The summed E-state index contributed by atoms with van der Waals surface area (Å²) in [6.45, 7) is 2.50. The largest absolute Gasteiger partial charge is 0.372 e. The fourth-order valence-electron chi connectivity index (χ4n) is 4.66. The lowest BCUT2D eigenvalue weighted by atomic mass is 10.0. The van der Waals surface area contributed by atoms with E-state index in [1.54, 1.807) is 17.4 Å². The lowest BCUT2D eigenvalue weighted by Gasteiger charge is -2.44. The number of ether oxygens (including phenoxy) is 1. The smallest absolute Gasteiger partial charge is 0.249 e. The van der Waals surface area contributed by atoms with E-state index >= 15 is 0 Å². The Hall–Kier alpha value is -2.80. The van der Waals surface area contributed by atoms with E-state index in [-0.39, 0.29) is 36.8 Å². The van der Waals surface area contributed by atoms with E-state index in [9.17, 15) is 14.0 Å². The summed E-state index contributed by atoms with van der Waals surface area (Å²) in [5, 5.41) is 7.44. The van der Waals surface area contributed by atoms with Crippen molar-refractivity contribution in [1.82, 2.24) is 25.6 Å². The molecule has 3 fully saturated rings. The van der Waals surface area contributed by atoms with Crippen molar-refractivity contribution in [3.63, 3.8) is 0 Å². The minimum absolute atomic E-state index is 0.0110. The van der Waals surface area contributed by atoms with Gasteiger partial charge in [-0.3, -0.25) is 14.6 Å². The molecule has 1 aromatic rings. The number of pyridine rings is 1. The van der Waals surface area contributed by atoms with Crippen LogP contribution in [-0.2, 0) is 14.3 Å². The van der Waals surface area contributed by atoms with E-state index in [0.29, 0.717) is 31.9 Å². The van der Waals surface area contributed by atoms with Gasteiger partial charge in [-0.2, -0.15) is 0 Å². The number of carbonyl (C=O) groups is 2. The van der Waals surface area contributed by atoms with Crippen LogP contribution in [0.3, 0.4) is 0 Å². The third-order valence-corrected chi connectivity index (χ3v) is 6.15. The van der Waals surface area contributed by atoms with Crippen molar-refractivity contribution in [2.24, 2.45) is 11.7 Å². The number of rotatable bonds is 3. The third kappa shape index (κ3) is 3.71. The van der Waals surface area contributed by atoms with Gasteiger partial charge < -0.3 is 30.9 Å². The van der Waals surface area contributed by atoms with E-state index in [2.05, 4.69) is 25.9 Å². The summed E-state index contributed by atoms with van der Waals surface area (Å²) in [7, 11) is 0. The molecule has 5 rings (SSSR count). The Labute approximate surface area is 178 Å². The quantitative estimate of drug-likeness (QED) is 0.453. The number of morpholine rings is 1. The molecule has 31 heavy (non-hydrogen) atoms. The average Bonchev–Trinajstić information content (AvgIpc) is 3.09. The summed E-state index contributed by atoms with van der Waals surface area (Å²) in [4.78, 5) is 33.3. The van der Waals surface area contributed by atoms with E-state index < -0.39 is 18.2 Å². The first-order chi connectivity index (χ1) is 15.0. The zero-order chi connectivity index (χ0) is 21.5. The minimum Gasteiger partial charge on any atom is -0.372 e. The summed E-state index contributed by atoms with van der Waals surface area (Å²) in [5.41, 5.74) is 10.5. The Morgan fingerprint density at radius 2 is 2.26 bits per heavy atom. The van der Waals surface area contributed by atoms with Gasteiger partial charge in [0.25, 0.3) is 0 Å². The molecule has 166 valence electrons. The van der Waals surface area contributed by atoms with E-state index in [0.717, 1.165) is 5.69 Å². The average molecular weight is 432 g/mol. The number of hydrogen-bond donors (Lipinski definition) is 4. The van der Waals surface area contributed by atoms with Crippen LogP contribution in [0.1, 0.15) is 0 Å². The Kier molecular flexibility index (Phi) is 5.22. The molecule has 0 bridgehead atoms. The predicted octanol–water partition coefficient (Wildman–Crippen LogP) is -1.47. The summed E-state index contributed by atoms with van der Waals surface area (Å²) in [6, 6.07) is 1.81. The molecule has 4 aliphatic rings. The first-order valence-corrected chi connectivity index (χ1v) is 10.3. The van der Waals surface area contributed by atoms with Crippen molar-refractivity contribution in [3.8, 4) is 0 Å². The normalized spacial score (nSPS) is 30.9. The molecule has 1 aromatic heterocycles. The molecular weight excluding hydrogens is 407 g/mol. The Morgan fingerprint density at radius 3 is 3.13 bits per heavy atom. The fourth-order valence-corrected chi connectivity index (χ4v) is 4.66. The first kappa shape index (κ1) is 20.1. The van der Waals surface area contributed by atoms with Crippen LogP contribution in [0.5, 0.6) is 0 Å². The molecule has 3 saturated heterocycles. The van der Waals surface area contributed by atoms with Gasteiger partial charge in [-0.15, -0.1) is 0 Å². The highest BCUT2D eigenvalue weighted by Crippen LogP contribution is 2.30. The van der Waals surface area contributed by atoms with Crippen LogP contribution in [0, 0.1) is 5.92 Å². The number of amides is 2. The maximum absolute atomic E-state index is 13.6. The van der Waals surface area contributed by atoms with Gasteiger partial charge in [0.2, 0.25) is 11.8 Å². The van der Waals surface area contributed by atoms with Crippen LogP contribution in [-0.4, -0.2) is 84.5 Å². The number of carbonyl (C=O) groups excluding carboxylic acids is 2. The molecule has 0 saturated carbocycles. The molecular formula is C19H25FN8O3. The number of halogens is 1. The van der Waals surface area contributed by atoms with Crippen molar-refractivity contribution < 1.29 is 18.7 Å². The molecule has 4 aliphatic heterocycles. The molecule has 5 N–H and O–H groups in total. The van der Waals surface area contributed by atoms with Gasteiger partial charge in [-0.25, -0.2) is 14.8 Å². The van der Waals surface area contributed by atoms with Crippen LogP contribution in [0.2, 0.25) is 0 Å². The number of hydrogen-bond acceptors (Lipinski definition) is 9. The minimum atomic E-state index is -0.661. The number of piperazine rings is 1. The molecule has 11 nitrogen and oxygen atoms in total. The second-order valence-electron chi connectivity index (χ2n) is 8.10. The zero-order valence-electron chi connectivity index (χ0n) is 16.8. The van der Waals surface area contributed by atoms with Crippen LogP contribution < -0.4 is 26.7 Å². The Morgan fingerprint density at radius 1 is 1.39 bits per heavy atom. The van der Waals surface area contributed by atoms with E-state index in [4.69, 9.17) is 10.5 Å². The Bertz CT molecular complexity index is 914. The summed E-state index contributed by atoms with van der Waals surface area (Å²) in [5.74, 6) is -1.26. The van der Waals surface area contributed by atoms with Gasteiger partial charge in [-0.05, 0) is 6.07 Å². The highest BCUT2D eigenvalue weighted by Gasteiger charge is 2.46. The van der Waals surface area contributed by atoms with Gasteiger partial charge in [0.15, 0.2) is 0 Å². The van der Waals surface area contributed by atoms with Crippen LogP contribution >= 0.6 is 0 Å². The number of fused-ring (bicyclic) bond motifs is 2. The van der Waals surface area contributed by atoms with Crippen LogP contribution in [0.25, 0.3) is 0 Å². The van der Waals surface area contributed by atoms with Gasteiger partial charge in [0.05, 0.1) is 42.9 Å². The summed E-state index contributed by atoms with van der Waals surface area (Å²) in [6.07, 6.45) is 3.42. The fraction of sp³-hybridized carbons (Fsp3) is 0.526. The topological polar surface area (TPSA) is 128 Å². The molecule has 0 radical (unpaired) electrons. The van der Waals surface area contributed by atoms with Crippen LogP contribution in [0.4, 0.5) is 15.8 Å².